The van der Waals surface area contributed by atoms with Gasteiger partial charge in [-0.15, -0.1) is 0 Å². The van der Waals surface area contributed by atoms with E-state index in [0.717, 1.165) is 4.68 Å². The number of nitrogens with zero attached hydrogens (tertiary/aromatic N) is 3. The number of carbonyl (C=O) groups excluding carboxylic acids is 1. The lowest BCUT2D eigenvalue weighted by Gasteiger charge is -2.34. The molecule has 0 bridgehead atoms. The molecule has 1 fully saturated rings. The van der Waals surface area contributed by atoms with Crippen LogP contribution in [0.15, 0.2) is 18.2 Å². The molecule has 2 unspecified atom stereocenters. The molecule has 0 saturated carbocycles. The minimum Gasteiger partial charge on any atom is -0.495 e. The van der Waals surface area contributed by atoms with E-state index in [2.05, 4.69) is 10.4 Å². The van der Waals surface area contributed by atoms with E-state index in [1.54, 1.807) is 0 Å². The number of benzene rings is 1. The molecule has 3 rings (SSSR count). The van der Waals surface area contributed by atoms with E-state index < -0.39 is 40.9 Å². The number of ether oxygens (including phenoxy) is 1. The van der Waals surface area contributed by atoms with Crippen LogP contribution in [-0.2, 0) is 15.8 Å². The largest absolute Gasteiger partial charge is 0.495 e. The number of nitrogens with one attached hydrogen (secondary N) is 1. The number of methoxy groups -OCH3 is 1. The number of amides is 1. The van der Waals surface area contributed by atoms with E-state index in [4.69, 9.17) is 27.9 Å². The molecule has 1 aromatic carbocycles. The number of carboxylic acid groups (broad SMARTS) is 1. The quantitative estimate of drug-likeness (QED) is 0.663. The van der Waals surface area contributed by atoms with Gasteiger partial charge < -0.3 is 20.1 Å². The fraction of sp³-hybridized carbons (Fsp3) is 0.421. The molecule has 1 saturated heterocycles. The van der Waals surface area contributed by atoms with Crippen LogP contribution in [0.1, 0.15) is 23.0 Å². The van der Waals surface area contributed by atoms with Gasteiger partial charge in [-0.1, -0.05) is 29.3 Å². The van der Waals surface area contributed by atoms with Gasteiger partial charge in [0, 0.05) is 19.6 Å². The molecule has 1 aliphatic rings. The molecule has 174 valence electrons. The van der Waals surface area contributed by atoms with Crippen LogP contribution in [0, 0.1) is 6.92 Å². The van der Waals surface area contributed by atoms with E-state index in [1.807, 2.05) is 0 Å². The smallest absolute Gasteiger partial charge is 0.436 e. The lowest BCUT2D eigenvalue weighted by atomic mass is 10.0. The second-order valence-electron chi connectivity index (χ2n) is 7.12. The molecule has 32 heavy (non-hydrogen) atoms. The Labute approximate surface area is 190 Å². The third-order valence-electron chi connectivity index (χ3n) is 5.10. The molecule has 2 N–H and O–H groups in total. The fourth-order valence-corrected chi connectivity index (χ4v) is 3.88. The van der Waals surface area contributed by atoms with Crippen LogP contribution >= 0.6 is 23.2 Å². The summed E-state index contributed by atoms with van der Waals surface area (Å²) in [6, 6.07) is 1.96. The molecule has 0 aliphatic carbocycles. The van der Waals surface area contributed by atoms with Gasteiger partial charge in [0.1, 0.15) is 11.8 Å². The highest BCUT2D eigenvalue weighted by atomic mass is 35.5. The topological polar surface area (TPSA) is 96.7 Å². The van der Waals surface area contributed by atoms with Gasteiger partial charge >= 0.3 is 12.1 Å². The monoisotopic (exact) mass is 494 g/mol. The van der Waals surface area contributed by atoms with Gasteiger partial charge in [-0.3, -0.25) is 14.3 Å². The predicted octanol–water partition coefficient (Wildman–Crippen LogP) is 3.00. The highest BCUT2D eigenvalue weighted by molar-refractivity contribution is 6.32. The van der Waals surface area contributed by atoms with Crippen LogP contribution in [0.2, 0.25) is 10.0 Å². The number of aromatic nitrogens is 2. The van der Waals surface area contributed by atoms with E-state index in [1.165, 1.54) is 37.1 Å². The number of hydrogen-bond acceptors (Lipinski definition) is 5. The van der Waals surface area contributed by atoms with Gasteiger partial charge in [-0.25, -0.2) is 0 Å². The summed E-state index contributed by atoms with van der Waals surface area (Å²) in [5.74, 6) is -1.58. The highest BCUT2D eigenvalue weighted by Crippen LogP contribution is 2.38. The number of piperazine rings is 1. The maximum Gasteiger partial charge on any atom is 0.436 e. The van der Waals surface area contributed by atoms with Gasteiger partial charge in [0.25, 0.3) is 5.91 Å². The number of rotatable bonds is 5. The maximum atomic E-state index is 13.5. The molecular formula is C19H19Cl2F3N4O4. The van der Waals surface area contributed by atoms with Crippen molar-refractivity contribution in [1.29, 1.82) is 0 Å². The SMILES string of the molecule is COc1cc(C(C(=O)N2CCNC(C(=O)O)C2)n2nc(C(F)(F)F)c(Cl)c2C)ccc1Cl. The summed E-state index contributed by atoms with van der Waals surface area (Å²) in [5.41, 5.74) is -1.15. The van der Waals surface area contributed by atoms with Crippen LogP contribution in [0.25, 0.3) is 0 Å². The summed E-state index contributed by atoms with van der Waals surface area (Å²) in [6.07, 6.45) is -4.83. The lowest BCUT2D eigenvalue weighted by molar-refractivity contribution is -0.145. The molecule has 1 aromatic heterocycles. The Morgan fingerprint density at radius 3 is 2.59 bits per heavy atom. The molecule has 0 spiro atoms. The Morgan fingerprint density at radius 2 is 2.03 bits per heavy atom. The third-order valence-corrected chi connectivity index (χ3v) is 5.86. The van der Waals surface area contributed by atoms with Crippen molar-refractivity contribution >= 4 is 35.1 Å². The molecule has 2 heterocycles. The standard InChI is InChI=1S/C19H19Cl2F3N4O4/c1-9-14(21)16(19(22,23)24)26-28(9)15(10-3-4-11(20)13(7-10)32-2)17(29)27-6-5-25-12(8-27)18(30)31/h3-4,7,12,15,25H,5-6,8H2,1-2H3,(H,30,31). The van der Waals surface area contributed by atoms with E-state index in [9.17, 15) is 27.9 Å². The summed E-state index contributed by atoms with van der Waals surface area (Å²) in [7, 11) is 1.35. The molecule has 1 aliphatic heterocycles. The van der Waals surface area contributed by atoms with Crippen molar-refractivity contribution in [3.8, 4) is 5.75 Å². The first kappa shape index (κ1) is 24.1. The van der Waals surface area contributed by atoms with Crippen molar-refractivity contribution in [3.63, 3.8) is 0 Å². The molecular weight excluding hydrogens is 476 g/mol. The average molecular weight is 495 g/mol. The summed E-state index contributed by atoms with van der Waals surface area (Å²) >= 11 is 12.0. The predicted molar refractivity (Wildman–Crippen MR) is 109 cm³/mol. The highest BCUT2D eigenvalue weighted by Gasteiger charge is 2.41. The normalized spacial score (nSPS) is 17.8. The Kier molecular flexibility index (Phi) is 6.91. The molecule has 13 heteroatoms. The molecule has 0 radical (unpaired) electrons. The van der Waals surface area contributed by atoms with E-state index >= 15 is 0 Å². The van der Waals surface area contributed by atoms with Gasteiger partial charge in [0.15, 0.2) is 11.7 Å². The van der Waals surface area contributed by atoms with Crippen molar-refractivity contribution in [1.82, 2.24) is 20.0 Å². The van der Waals surface area contributed by atoms with Crippen LogP contribution in [0.5, 0.6) is 5.75 Å². The fourth-order valence-electron chi connectivity index (χ4n) is 3.45. The zero-order valence-corrected chi connectivity index (χ0v) is 18.4. The number of carboxylic acids is 1. The zero-order valence-electron chi connectivity index (χ0n) is 16.9. The Hall–Kier alpha value is -2.50. The lowest BCUT2D eigenvalue weighted by Crippen LogP contribution is -2.57. The summed E-state index contributed by atoms with van der Waals surface area (Å²) in [5, 5.41) is 15.3. The van der Waals surface area contributed by atoms with Crippen LogP contribution in [-0.4, -0.2) is 64.4 Å². The maximum absolute atomic E-state index is 13.5. The second kappa shape index (κ2) is 9.16. The minimum absolute atomic E-state index is 0.0730. The van der Waals surface area contributed by atoms with Crippen LogP contribution in [0.3, 0.4) is 0 Å². The molecule has 8 nitrogen and oxygen atoms in total. The van der Waals surface area contributed by atoms with Crippen molar-refractivity contribution in [2.45, 2.75) is 25.2 Å². The number of halogens is 5. The van der Waals surface area contributed by atoms with E-state index in [-0.39, 0.29) is 41.7 Å². The Morgan fingerprint density at radius 1 is 1.34 bits per heavy atom. The first-order valence-electron chi connectivity index (χ1n) is 9.36. The number of alkyl halides is 3. The summed E-state index contributed by atoms with van der Waals surface area (Å²) in [6.45, 7) is 1.50. The summed E-state index contributed by atoms with van der Waals surface area (Å²) < 4.78 is 46.3. The molecule has 2 aromatic rings. The first-order valence-corrected chi connectivity index (χ1v) is 10.1. The number of carbonyl (C=O) groups is 2. The van der Waals surface area contributed by atoms with Gasteiger partial charge in [0.2, 0.25) is 0 Å². The minimum atomic E-state index is -4.83. The summed E-state index contributed by atoms with van der Waals surface area (Å²) in [4.78, 5) is 26.2. The zero-order chi connectivity index (χ0) is 23.8. The Balaban J connectivity index is 2.13. The van der Waals surface area contributed by atoms with Crippen LogP contribution < -0.4 is 10.1 Å². The van der Waals surface area contributed by atoms with Gasteiger partial charge in [-0.2, -0.15) is 18.3 Å². The van der Waals surface area contributed by atoms with Crippen molar-refractivity contribution < 1.29 is 32.6 Å². The molecule has 1 amide bonds. The van der Waals surface area contributed by atoms with Crippen molar-refractivity contribution in [3.05, 3.63) is 45.2 Å². The number of hydrogen-bond donors (Lipinski definition) is 2. The van der Waals surface area contributed by atoms with Crippen molar-refractivity contribution in [2.75, 3.05) is 26.7 Å². The van der Waals surface area contributed by atoms with Gasteiger partial charge in [0.05, 0.1) is 22.8 Å². The third kappa shape index (κ3) is 4.64. The second-order valence-corrected chi connectivity index (χ2v) is 7.90. The molecule has 2 atom stereocenters. The first-order chi connectivity index (χ1) is 15.0. The van der Waals surface area contributed by atoms with Crippen molar-refractivity contribution in [2.24, 2.45) is 0 Å². The number of aliphatic carboxylic acids is 1. The van der Waals surface area contributed by atoms with Gasteiger partial charge in [-0.05, 0) is 24.6 Å². The Bertz CT molecular complexity index is 1040. The average Bonchev–Trinajstić information content (AvgIpc) is 3.04. The van der Waals surface area contributed by atoms with Crippen LogP contribution in [0.4, 0.5) is 13.2 Å². The van der Waals surface area contributed by atoms with E-state index in [0.29, 0.717) is 0 Å².